The number of amides is 1. The van der Waals surface area contributed by atoms with E-state index in [9.17, 15) is 26.4 Å². The minimum absolute atomic E-state index is 0.0897. The Morgan fingerprint density at radius 1 is 1.11 bits per heavy atom. The van der Waals surface area contributed by atoms with Crippen molar-refractivity contribution in [2.24, 2.45) is 11.1 Å². The van der Waals surface area contributed by atoms with Gasteiger partial charge in [-0.1, -0.05) is 26.8 Å². The van der Waals surface area contributed by atoms with Crippen LogP contribution in [0.5, 0.6) is 0 Å². The maximum atomic E-state index is 15.1. The highest BCUT2D eigenvalue weighted by molar-refractivity contribution is 7.89. The molecule has 0 unspecified atom stereocenters. The van der Waals surface area contributed by atoms with Gasteiger partial charge in [-0.25, -0.2) is 21.9 Å². The second-order valence-corrected chi connectivity index (χ2v) is 14.2. The van der Waals surface area contributed by atoms with Crippen LogP contribution in [0, 0.1) is 11.2 Å². The van der Waals surface area contributed by atoms with E-state index in [2.05, 4.69) is 31.1 Å². The van der Waals surface area contributed by atoms with E-state index in [1.54, 1.807) is 23.4 Å². The molecule has 1 aliphatic heterocycles. The molecule has 0 bridgehead atoms. The van der Waals surface area contributed by atoms with Crippen LogP contribution in [0.1, 0.15) is 67.9 Å². The lowest BCUT2D eigenvalue weighted by molar-refractivity contribution is -0.192. The number of carbonyl (C=O) groups excluding carboxylic acids is 1. The lowest BCUT2D eigenvalue weighted by Gasteiger charge is -2.31. The van der Waals surface area contributed by atoms with Gasteiger partial charge in [-0.3, -0.25) is 4.79 Å². The summed E-state index contributed by atoms with van der Waals surface area (Å²) in [4.78, 5) is 24.5. The number of nitrogens with two attached hydrogens (primary N) is 1. The summed E-state index contributed by atoms with van der Waals surface area (Å²) >= 11 is 0. The number of aromatic amines is 1. The highest BCUT2D eigenvalue weighted by atomic mass is 32.2. The molecule has 14 heteroatoms. The highest BCUT2D eigenvalue weighted by Crippen LogP contribution is 2.38. The maximum Gasteiger partial charge on any atom is 0.490 e. The summed E-state index contributed by atoms with van der Waals surface area (Å²) in [7, 11) is -3.22. The Hall–Kier alpha value is -3.49. The average molecular weight is 643 g/mol. The van der Waals surface area contributed by atoms with Crippen LogP contribution in [-0.4, -0.2) is 66.3 Å². The van der Waals surface area contributed by atoms with Crippen molar-refractivity contribution in [3.63, 3.8) is 0 Å². The molecule has 5 N–H and O–H groups in total. The Labute approximate surface area is 253 Å². The summed E-state index contributed by atoms with van der Waals surface area (Å²) in [5.41, 5.74) is 9.73. The number of carbonyl (C=O) groups is 2. The Kier molecular flexibility index (Phi) is 10.9. The topological polar surface area (TPSA) is 146 Å². The number of benzene rings is 2. The molecule has 2 heterocycles. The van der Waals surface area contributed by atoms with Crippen LogP contribution >= 0.6 is 0 Å². The van der Waals surface area contributed by atoms with Crippen molar-refractivity contribution < 1.29 is 40.7 Å². The van der Waals surface area contributed by atoms with Crippen LogP contribution in [0.4, 0.5) is 17.6 Å². The number of carboxylic acid groups (broad SMARTS) is 1. The van der Waals surface area contributed by atoms with Crippen LogP contribution in [0.3, 0.4) is 0 Å². The van der Waals surface area contributed by atoms with Crippen LogP contribution in [-0.2, 0) is 21.4 Å². The number of nitrogens with one attached hydrogen (secondary N) is 2. The molecule has 2 aromatic carbocycles. The second kappa shape index (κ2) is 13.7. The number of H-pyrrole nitrogens is 1. The zero-order valence-electron chi connectivity index (χ0n) is 25.0. The number of hydrogen-bond acceptors (Lipinski definition) is 5. The lowest BCUT2D eigenvalue weighted by atomic mass is 9.88. The Morgan fingerprint density at radius 3 is 2.25 bits per heavy atom. The van der Waals surface area contributed by atoms with E-state index in [0.29, 0.717) is 54.7 Å². The standard InChI is InChI=1S/C28H37FN4O3S.C2HF3O2/c1-5-37(35,36)33-10-8-19(9-11-33)24-16-32-26-22(24)13-20(14-23(26)27(30)34)21-12-18(6-7-25(21)29)15-31-17-28(2,3)4;3-2(4,5)1(6)7/h6-7,12-14,16,19,31-32H,5,8-11,15,17H2,1-4H3,(H2,30,34);(H,6,7). The second-order valence-electron chi connectivity index (χ2n) is 11.9. The fourth-order valence-electron chi connectivity index (χ4n) is 5.05. The average Bonchev–Trinajstić information content (AvgIpc) is 3.36. The number of alkyl halides is 3. The van der Waals surface area contributed by atoms with Gasteiger partial charge in [0.15, 0.2) is 0 Å². The number of halogens is 4. The predicted octanol–water partition coefficient (Wildman–Crippen LogP) is 5.37. The van der Waals surface area contributed by atoms with Crippen molar-refractivity contribution in [3.05, 3.63) is 59.0 Å². The van der Waals surface area contributed by atoms with Crippen LogP contribution in [0.2, 0.25) is 0 Å². The number of primary amides is 1. The number of rotatable bonds is 8. The molecular weight excluding hydrogens is 604 g/mol. The molecule has 3 aromatic rings. The Morgan fingerprint density at radius 2 is 1.73 bits per heavy atom. The largest absolute Gasteiger partial charge is 0.490 e. The first kappa shape index (κ1) is 35.0. The van der Waals surface area contributed by atoms with Gasteiger partial charge in [-0.15, -0.1) is 0 Å². The van der Waals surface area contributed by atoms with Gasteiger partial charge in [-0.05, 0) is 72.1 Å². The Balaban J connectivity index is 0.000000676. The van der Waals surface area contributed by atoms with Gasteiger partial charge in [-0.2, -0.15) is 13.2 Å². The van der Waals surface area contributed by atoms with Crippen molar-refractivity contribution in [2.75, 3.05) is 25.4 Å². The number of aromatic nitrogens is 1. The number of aliphatic carboxylic acids is 1. The van der Waals surface area contributed by atoms with Gasteiger partial charge < -0.3 is 21.1 Å². The summed E-state index contributed by atoms with van der Waals surface area (Å²) in [5, 5.41) is 11.4. The van der Waals surface area contributed by atoms with E-state index in [4.69, 9.17) is 15.6 Å². The fourth-order valence-corrected chi connectivity index (χ4v) is 6.19. The molecule has 44 heavy (non-hydrogen) atoms. The number of hydrogen-bond donors (Lipinski definition) is 4. The molecule has 0 spiro atoms. The first-order valence-corrected chi connectivity index (χ1v) is 15.7. The predicted molar refractivity (Wildman–Crippen MR) is 160 cm³/mol. The Bertz CT molecular complexity index is 1610. The molecular formula is C30H38F4N4O5S. The van der Waals surface area contributed by atoms with Crippen LogP contribution in [0.25, 0.3) is 22.0 Å². The minimum atomic E-state index is -5.08. The first-order valence-electron chi connectivity index (χ1n) is 14.1. The van der Waals surface area contributed by atoms with E-state index < -0.39 is 28.1 Å². The van der Waals surface area contributed by atoms with Gasteiger partial charge in [0.05, 0.1) is 16.8 Å². The third kappa shape index (κ3) is 8.79. The van der Waals surface area contributed by atoms with Crippen molar-refractivity contribution in [3.8, 4) is 11.1 Å². The SMILES string of the molecule is CCS(=O)(=O)N1CCC(c2c[nH]c3c(C(N)=O)cc(-c4cc(CNCC(C)(C)C)ccc4F)cc23)CC1.O=C(O)C(F)(F)F. The van der Waals surface area contributed by atoms with Crippen molar-refractivity contribution in [1.29, 1.82) is 0 Å². The molecule has 1 aliphatic rings. The number of sulfonamides is 1. The van der Waals surface area contributed by atoms with E-state index in [0.717, 1.165) is 23.1 Å². The third-order valence-electron chi connectivity index (χ3n) is 7.31. The summed E-state index contributed by atoms with van der Waals surface area (Å²) < 4.78 is 72.9. The zero-order valence-corrected chi connectivity index (χ0v) is 25.8. The van der Waals surface area contributed by atoms with Crippen molar-refractivity contribution in [1.82, 2.24) is 14.6 Å². The van der Waals surface area contributed by atoms with Gasteiger partial charge in [0.25, 0.3) is 5.91 Å². The fraction of sp³-hybridized carbons (Fsp3) is 0.467. The summed E-state index contributed by atoms with van der Waals surface area (Å²) in [5.74, 6) is -3.51. The normalized spacial score (nSPS) is 15.2. The summed E-state index contributed by atoms with van der Waals surface area (Å²) in [6.07, 6.45) is -1.87. The molecule has 0 atom stereocenters. The van der Waals surface area contributed by atoms with E-state index in [1.807, 2.05) is 18.3 Å². The third-order valence-corrected chi connectivity index (χ3v) is 9.19. The van der Waals surface area contributed by atoms with Crippen molar-refractivity contribution in [2.45, 2.75) is 59.2 Å². The molecule has 0 aliphatic carbocycles. The molecule has 0 radical (unpaired) electrons. The van der Waals surface area contributed by atoms with Crippen LogP contribution < -0.4 is 11.1 Å². The van der Waals surface area contributed by atoms with E-state index >= 15 is 4.39 Å². The molecule has 1 aromatic heterocycles. The summed E-state index contributed by atoms with van der Waals surface area (Å²) in [6.45, 7) is 10.4. The number of piperidine rings is 1. The molecule has 1 amide bonds. The van der Waals surface area contributed by atoms with Crippen LogP contribution in [0.15, 0.2) is 36.5 Å². The van der Waals surface area contributed by atoms with E-state index in [1.165, 1.54) is 6.07 Å². The highest BCUT2D eigenvalue weighted by Gasteiger charge is 2.38. The first-order chi connectivity index (χ1) is 20.3. The minimum Gasteiger partial charge on any atom is -0.475 e. The molecule has 242 valence electrons. The molecule has 1 saturated heterocycles. The number of carboxylic acids is 1. The van der Waals surface area contributed by atoms with Gasteiger partial charge in [0.1, 0.15) is 5.82 Å². The number of nitrogens with zero attached hydrogens (tertiary/aromatic N) is 1. The van der Waals surface area contributed by atoms with Gasteiger partial charge in [0, 0.05) is 43.3 Å². The maximum absolute atomic E-state index is 15.1. The zero-order chi connectivity index (χ0) is 33.0. The number of fused-ring (bicyclic) bond motifs is 1. The smallest absolute Gasteiger partial charge is 0.475 e. The van der Waals surface area contributed by atoms with Gasteiger partial charge in [0.2, 0.25) is 10.0 Å². The lowest BCUT2D eigenvalue weighted by Crippen LogP contribution is -2.38. The monoisotopic (exact) mass is 642 g/mol. The van der Waals surface area contributed by atoms with Crippen molar-refractivity contribution >= 4 is 32.8 Å². The quantitative estimate of drug-likeness (QED) is 0.243. The molecule has 0 saturated carbocycles. The summed E-state index contributed by atoms with van der Waals surface area (Å²) in [6, 6.07) is 8.60. The molecule has 1 fully saturated rings. The molecule has 4 rings (SSSR count). The van der Waals surface area contributed by atoms with E-state index in [-0.39, 0.29) is 22.9 Å². The van der Waals surface area contributed by atoms with Gasteiger partial charge >= 0.3 is 12.1 Å². The molecule has 9 nitrogen and oxygen atoms in total.